The van der Waals surface area contributed by atoms with Crippen LogP contribution in [0.2, 0.25) is 0 Å². The number of hydrogen-bond acceptors (Lipinski definition) is 2. The highest BCUT2D eigenvalue weighted by Crippen LogP contribution is 2.28. The lowest BCUT2D eigenvalue weighted by molar-refractivity contribution is -0.124. The molecule has 0 aromatic heterocycles. The lowest BCUT2D eigenvalue weighted by atomic mass is 9.80. The van der Waals surface area contributed by atoms with Crippen LogP contribution in [-0.2, 0) is 4.79 Å². The van der Waals surface area contributed by atoms with E-state index in [1.165, 1.54) is 0 Å². The van der Waals surface area contributed by atoms with Gasteiger partial charge in [0.15, 0.2) is 0 Å². The third kappa shape index (κ3) is 2.17. The van der Waals surface area contributed by atoms with Crippen molar-refractivity contribution in [2.24, 2.45) is 11.7 Å². The first kappa shape index (κ1) is 9.45. The molecule has 70 valence electrons. The van der Waals surface area contributed by atoms with Crippen molar-refractivity contribution < 1.29 is 9.18 Å². The first-order valence-electron chi connectivity index (χ1n) is 4.35. The average Bonchev–Trinajstić information content (AvgIpc) is 1.96. The molecule has 12 heavy (non-hydrogen) atoms. The highest BCUT2D eigenvalue weighted by atomic mass is 19.1. The molecule has 0 heterocycles. The van der Waals surface area contributed by atoms with E-state index in [-0.39, 0.29) is 12.5 Å². The van der Waals surface area contributed by atoms with Crippen molar-refractivity contribution in [2.45, 2.75) is 25.3 Å². The lowest BCUT2D eigenvalue weighted by Gasteiger charge is -2.30. The highest BCUT2D eigenvalue weighted by molar-refractivity contribution is 5.81. The monoisotopic (exact) mass is 174 g/mol. The van der Waals surface area contributed by atoms with Crippen molar-refractivity contribution in [1.82, 2.24) is 5.32 Å². The third-order valence-electron chi connectivity index (χ3n) is 2.35. The summed E-state index contributed by atoms with van der Waals surface area (Å²) in [5.41, 5.74) is 5.63. The topological polar surface area (TPSA) is 55.1 Å². The molecular formula is C8H15FN2O. The Morgan fingerprint density at radius 2 is 2.33 bits per heavy atom. The number of nitrogens with one attached hydrogen (secondary N) is 1. The minimum Gasteiger partial charge on any atom is -0.352 e. The van der Waals surface area contributed by atoms with Gasteiger partial charge in [-0.2, -0.15) is 0 Å². The van der Waals surface area contributed by atoms with Gasteiger partial charge in [-0.25, -0.2) is 4.39 Å². The number of nitrogens with two attached hydrogens (primary N) is 1. The fourth-order valence-corrected chi connectivity index (χ4v) is 1.30. The maximum Gasteiger partial charge on any atom is 0.237 e. The van der Waals surface area contributed by atoms with E-state index >= 15 is 0 Å². The number of alkyl halides is 1. The van der Waals surface area contributed by atoms with E-state index in [2.05, 4.69) is 5.32 Å². The smallest absolute Gasteiger partial charge is 0.237 e. The van der Waals surface area contributed by atoms with Crippen LogP contribution in [0.3, 0.4) is 0 Å². The van der Waals surface area contributed by atoms with Gasteiger partial charge in [0, 0.05) is 6.54 Å². The van der Waals surface area contributed by atoms with Crippen molar-refractivity contribution in [2.75, 3.05) is 13.2 Å². The van der Waals surface area contributed by atoms with Gasteiger partial charge in [0.2, 0.25) is 5.91 Å². The quantitative estimate of drug-likeness (QED) is 0.639. The largest absolute Gasteiger partial charge is 0.352 e. The number of hydrogen-bond donors (Lipinski definition) is 2. The molecule has 0 unspecified atom stereocenters. The second-order valence-corrected chi connectivity index (χ2v) is 3.20. The van der Waals surface area contributed by atoms with E-state index in [1.54, 1.807) is 0 Å². The molecular weight excluding hydrogens is 159 g/mol. The summed E-state index contributed by atoms with van der Waals surface area (Å²) in [4.78, 5) is 11.1. The molecule has 0 aromatic rings. The summed E-state index contributed by atoms with van der Waals surface area (Å²) >= 11 is 0. The first-order valence-corrected chi connectivity index (χ1v) is 4.35. The molecule has 1 fully saturated rings. The van der Waals surface area contributed by atoms with Gasteiger partial charge >= 0.3 is 0 Å². The summed E-state index contributed by atoms with van der Waals surface area (Å²) < 4.78 is 11.7. The van der Waals surface area contributed by atoms with Gasteiger partial charge < -0.3 is 11.1 Å². The molecule has 0 aromatic carbocycles. The van der Waals surface area contributed by atoms with Crippen molar-refractivity contribution >= 4 is 5.91 Å². The van der Waals surface area contributed by atoms with Crippen LogP contribution in [0.25, 0.3) is 0 Å². The molecule has 0 aliphatic heterocycles. The van der Waals surface area contributed by atoms with Crippen molar-refractivity contribution in [1.29, 1.82) is 0 Å². The minimum absolute atomic E-state index is 0.0826. The maximum atomic E-state index is 11.7. The Labute approximate surface area is 71.5 Å². The van der Waals surface area contributed by atoms with E-state index in [4.69, 9.17) is 5.73 Å². The number of carbonyl (C=O) groups excluding carboxylic acids is 1. The number of halogens is 1. The molecule has 1 rings (SSSR count). The fourth-order valence-electron chi connectivity index (χ4n) is 1.30. The molecule has 1 amide bonds. The van der Waals surface area contributed by atoms with Gasteiger partial charge in [-0.15, -0.1) is 0 Å². The fraction of sp³-hybridized carbons (Fsp3) is 0.875. The molecule has 1 saturated carbocycles. The van der Waals surface area contributed by atoms with Crippen LogP contribution in [-0.4, -0.2) is 25.2 Å². The SMILES string of the molecule is N[C@@H](C(=O)NCCF)C1CCC1. The summed E-state index contributed by atoms with van der Waals surface area (Å²) in [7, 11) is 0. The van der Waals surface area contributed by atoms with Crippen LogP contribution in [0.4, 0.5) is 4.39 Å². The van der Waals surface area contributed by atoms with E-state index in [0.717, 1.165) is 19.3 Å². The van der Waals surface area contributed by atoms with Crippen LogP contribution in [0.15, 0.2) is 0 Å². The van der Waals surface area contributed by atoms with E-state index in [9.17, 15) is 9.18 Å². The Balaban J connectivity index is 2.20. The molecule has 0 spiro atoms. The zero-order valence-electron chi connectivity index (χ0n) is 7.05. The van der Waals surface area contributed by atoms with Gasteiger partial charge in [-0.3, -0.25) is 4.79 Å². The van der Waals surface area contributed by atoms with E-state index in [1.807, 2.05) is 0 Å². The highest BCUT2D eigenvalue weighted by Gasteiger charge is 2.28. The van der Waals surface area contributed by atoms with Crippen LogP contribution >= 0.6 is 0 Å². The van der Waals surface area contributed by atoms with E-state index in [0.29, 0.717) is 5.92 Å². The molecule has 1 atom stereocenters. The van der Waals surface area contributed by atoms with Crippen LogP contribution in [0.1, 0.15) is 19.3 Å². The predicted molar refractivity (Wildman–Crippen MR) is 44.3 cm³/mol. The Kier molecular flexibility index (Phi) is 3.47. The average molecular weight is 174 g/mol. The molecule has 3 N–H and O–H groups in total. The second kappa shape index (κ2) is 4.40. The van der Waals surface area contributed by atoms with Crippen molar-refractivity contribution in [3.05, 3.63) is 0 Å². The molecule has 4 heteroatoms. The summed E-state index contributed by atoms with van der Waals surface area (Å²) in [6.45, 7) is -0.442. The summed E-state index contributed by atoms with van der Waals surface area (Å²) in [5.74, 6) is 0.113. The Morgan fingerprint density at radius 3 is 2.75 bits per heavy atom. The Hall–Kier alpha value is -0.640. The second-order valence-electron chi connectivity index (χ2n) is 3.20. The maximum absolute atomic E-state index is 11.7. The van der Waals surface area contributed by atoms with Crippen molar-refractivity contribution in [3.63, 3.8) is 0 Å². The lowest BCUT2D eigenvalue weighted by Crippen LogP contribution is -2.48. The Bertz CT molecular complexity index is 159. The minimum atomic E-state index is -0.525. The zero-order valence-corrected chi connectivity index (χ0v) is 7.05. The third-order valence-corrected chi connectivity index (χ3v) is 2.35. The van der Waals surface area contributed by atoms with Crippen LogP contribution < -0.4 is 11.1 Å². The van der Waals surface area contributed by atoms with Gasteiger partial charge in [0.1, 0.15) is 6.67 Å². The molecule has 3 nitrogen and oxygen atoms in total. The number of amides is 1. The normalized spacial score (nSPS) is 19.8. The Morgan fingerprint density at radius 1 is 1.67 bits per heavy atom. The van der Waals surface area contributed by atoms with Gasteiger partial charge in [0.05, 0.1) is 6.04 Å². The summed E-state index contributed by atoms with van der Waals surface area (Å²) in [6.07, 6.45) is 3.23. The van der Waals surface area contributed by atoms with E-state index < -0.39 is 12.7 Å². The summed E-state index contributed by atoms with van der Waals surface area (Å²) in [5, 5.41) is 2.44. The van der Waals surface area contributed by atoms with Crippen LogP contribution in [0.5, 0.6) is 0 Å². The molecule has 0 bridgehead atoms. The predicted octanol–water partition coefficient (Wildman–Crippen LogP) is 0.199. The van der Waals surface area contributed by atoms with Gasteiger partial charge in [-0.1, -0.05) is 6.42 Å². The number of rotatable bonds is 4. The van der Waals surface area contributed by atoms with Crippen molar-refractivity contribution in [3.8, 4) is 0 Å². The van der Waals surface area contributed by atoms with Gasteiger partial charge in [0.25, 0.3) is 0 Å². The summed E-state index contributed by atoms with van der Waals surface area (Å²) in [6, 6.07) is -0.426. The molecule has 0 saturated heterocycles. The van der Waals surface area contributed by atoms with Gasteiger partial charge in [-0.05, 0) is 18.8 Å². The van der Waals surface area contributed by atoms with Crippen LogP contribution in [0, 0.1) is 5.92 Å². The molecule has 0 radical (unpaired) electrons. The standard InChI is InChI=1S/C8H15FN2O/c9-4-5-11-8(12)7(10)6-2-1-3-6/h6-7H,1-5,10H2,(H,11,12)/t7-/m1/s1. The number of carbonyl (C=O) groups is 1. The molecule has 1 aliphatic carbocycles. The first-order chi connectivity index (χ1) is 5.75. The molecule has 1 aliphatic rings. The zero-order chi connectivity index (χ0) is 8.97.